The van der Waals surface area contributed by atoms with Crippen LogP contribution in [0.1, 0.15) is 28.7 Å². The fourth-order valence-electron chi connectivity index (χ4n) is 3.05. The van der Waals surface area contributed by atoms with E-state index < -0.39 is 5.97 Å². The van der Waals surface area contributed by atoms with Crippen molar-refractivity contribution in [2.24, 2.45) is 0 Å². The molecule has 9 nitrogen and oxygen atoms in total. The second kappa shape index (κ2) is 11.9. The lowest BCUT2D eigenvalue weighted by atomic mass is 10.2. The van der Waals surface area contributed by atoms with Gasteiger partial charge in [0.1, 0.15) is 6.61 Å². The van der Waals surface area contributed by atoms with Crippen molar-refractivity contribution in [3.05, 3.63) is 72.1 Å². The minimum absolute atomic E-state index is 0.0693. The van der Waals surface area contributed by atoms with Gasteiger partial charge < -0.3 is 19.9 Å². The number of nitrogens with zero attached hydrogens (tertiary/aromatic N) is 3. The number of anilines is 1. The summed E-state index contributed by atoms with van der Waals surface area (Å²) in [5.41, 5.74) is 1.58. The second-order valence-corrected chi connectivity index (χ2v) is 8.14. The molecule has 0 unspecified atom stereocenters. The Morgan fingerprint density at radius 3 is 2.74 bits per heavy atom. The molecular weight excluding hydrogens is 456 g/mol. The molecule has 1 heterocycles. The number of amides is 1. The molecule has 0 fully saturated rings. The van der Waals surface area contributed by atoms with Crippen LogP contribution in [0, 0.1) is 6.92 Å². The molecule has 2 N–H and O–H groups in total. The van der Waals surface area contributed by atoms with E-state index in [0.29, 0.717) is 41.3 Å². The molecule has 2 aromatic carbocycles. The van der Waals surface area contributed by atoms with E-state index in [1.54, 1.807) is 18.2 Å². The highest BCUT2D eigenvalue weighted by atomic mass is 32.2. The largest absolute Gasteiger partial charge is 0.490 e. The number of allylic oxidation sites excluding steroid dienone is 1. The Labute approximate surface area is 201 Å². The number of thioether (sulfide) groups is 1. The number of carbonyl (C=O) groups is 2. The van der Waals surface area contributed by atoms with Crippen molar-refractivity contribution in [1.29, 1.82) is 0 Å². The van der Waals surface area contributed by atoms with Crippen LogP contribution in [0.2, 0.25) is 0 Å². The van der Waals surface area contributed by atoms with E-state index in [4.69, 9.17) is 14.6 Å². The number of nitrogens with one attached hydrogen (secondary N) is 1. The Kier molecular flexibility index (Phi) is 8.69. The zero-order chi connectivity index (χ0) is 24.5. The van der Waals surface area contributed by atoms with Gasteiger partial charge >= 0.3 is 5.97 Å². The van der Waals surface area contributed by atoms with Crippen molar-refractivity contribution >= 4 is 29.3 Å². The first-order valence-corrected chi connectivity index (χ1v) is 11.5. The first-order valence-electron chi connectivity index (χ1n) is 10.6. The van der Waals surface area contributed by atoms with Crippen molar-refractivity contribution in [1.82, 2.24) is 14.8 Å². The molecule has 0 saturated heterocycles. The van der Waals surface area contributed by atoms with Gasteiger partial charge in [-0.05, 0) is 49.7 Å². The average molecular weight is 483 g/mol. The van der Waals surface area contributed by atoms with Gasteiger partial charge in [-0.2, -0.15) is 0 Å². The van der Waals surface area contributed by atoms with Gasteiger partial charge in [0, 0.05) is 12.2 Å². The Morgan fingerprint density at radius 2 is 2.00 bits per heavy atom. The summed E-state index contributed by atoms with van der Waals surface area (Å²) < 4.78 is 13.4. The van der Waals surface area contributed by atoms with E-state index in [1.165, 1.54) is 23.9 Å². The number of carboxylic acid groups (broad SMARTS) is 1. The molecule has 0 atom stereocenters. The fourth-order valence-corrected chi connectivity index (χ4v) is 3.81. The van der Waals surface area contributed by atoms with Crippen molar-refractivity contribution in [3.8, 4) is 11.5 Å². The van der Waals surface area contributed by atoms with Crippen LogP contribution < -0.4 is 14.8 Å². The summed E-state index contributed by atoms with van der Waals surface area (Å²) in [6, 6.07) is 11.8. The van der Waals surface area contributed by atoms with E-state index in [2.05, 4.69) is 22.1 Å². The minimum Gasteiger partial charge on any atom is -0.490 e. The van der Waals surface area contributed by atoms with E-state index in [9.17, 15) is 9.59 Å². The summed E-state index contributed by atoms with van der Waals surface area (Å²) in [5, 5.41) is 20.7. The summed E-state index contributed by atoms with van der Waals surface area (Å²) >= 11 is 1.21. The van der Waals surface area contributed by atoms with Gasteiger partial charge in [-0.25, -0.2) is 4.79 Å². The molecule has 1 amide bonds. The van der Waals surface area contributed by atoms with Crippen molar-refractivity contribution in [3.63, 3.8) is 0 Å². The molecule has 34 heavy (non-hydrogen) atoms. The van der Waals surface area contributed by atoms with Gasteiger partial charge in [-0.3, -0.25) is 9.36 Å². The van der Waals surface area contributed by atoms with Crippen LogP contribution in [0.15, 0.2) is 60.3 Å². The number of aromatic carboxylic acids is 1. The molecule has 0 aliphatic rings. The molecule has 0 radical (unpaired) electrons. The zero-order valence-electron chi connectivity index (χ0n) is 19.0. The lowest BCUT2D eigenvalue weighted by molar-refractivity contribution is -0.113. The van der Waals surface area contributed by atoms with Crippen molar-refractivity contribution in [2.45, 2.75) is 32.2 Å². The van der Waals surface area contributed by atoms with Crippen LogP contribution in [-0.2, 0) is 17.9 Å². The van der Waals surface area contributed by atoms with Crippen LogP contribution in [-0.4, -0.2) is 44.1 Å². The molecule has 3 aromatic rings. The number of ether oxygens (including phenoxy) is 2. The topological polar surface area (TPSA) is 116 Å². The smallest absolute Gasteiger partial charge is 0.335 e. The number of rotatable bonds is 12. The maximum atomic E-state index is 12.4. The third-order valence-corrected chi connectivity index (χ3v) is 5.55. The van der Waals surface area contributed by atoms with Gasteiger partial charge in [0.15, 0.2) is 22.5 Å². The maximum Gasteiger partial charge on any atom is 0.335 e. The summed E-state index contributed by atoms with van der Waals surface area (Å²) in [4.78, 5) is 23.5. The third kappa shape index (κ3) is 6.61. The number of hydrogen-bond donors (Lipinski definition) is 2. The number of hydrogen-bond acceptors (Lipinski definition) is 7. The van der Waals surface area contributed by atoms with Crippen LogP contribution in [0.3, 0.4) is 0 Å². The molecule has 178 valence electrons. The Bertz CT molecular complexity index is 1180. The van der Waals surface area contributed by atoms with Crippen molar-refractivity contribution < 1.29 is 24.2 Å². The van der Waals surface area contributed by atoms with E-state index >= 15 is 0 Å². The molecule has 0 bridgehead atoms. The van der Waals surface area contributed by atoms with E-state index in [-0.39, 0.29) is 23.8 Å². The molecule has 1 aromatic heterocycles. The fraction of sp³-hybridized carbons (Fsp3) is 0.250. The summed E-state index contributed by atoms with van der Waals surface area (Å²) in [7, 11) is 0. The monoisotopic (exact) mass is 482 g/mol. The summed E-state index contributed by atoms with van der Waals surface area (Å²) in [6.07, 6.45) is 1.71. The highest BCUT2D eigenvalue weighted by Crippen LogP contribution is 2.29. The summed E-state index contributed by atoms with van der Waals surface area (Å²) in [5.74, 6) is 0.574. The Morgan fingerprint density at radius 1 is 1.18 bits per heavy atom. The number of aromatic nitrogens is 3. The van der Waals surface area contributed by atoms with Gasteiger partial charge in [0.05, 0.1) is 17.9 Å². The average Bonchev–Trinajstić information content (AvgIpc) is 3.19. The molecule has 0 aliphatic carbocycles. The third-order valence-electron chi connectivity index (χ3n) is 4.59. The number of carboxylic acids is 1. The molecular formula is C24H26N4O5S. The number of benzene rings is 2. The normalized spacial score (nSPS) is 10.5. The highest BCUT2D eigenvalue weighted by molar-refractivity contribution is 7.99. The van der Waals surface area contributed by atoms with Crippen LogP contribution in [0.25, 0.3) is 0 Å². The van der Waals surface area contributed by atoms with Crippen LogP contribution in [0.4, 0.5) is 5.69 Å². The van der Waals surface area contributed by atoms with Crippen LogP contribution in [0.5, 0.6) is 11.5 Å². The number of carbonyl (C=O) groups excluding carboxylic acids is 1. The minimum atomic E-state index is -1.06. The Hall–Kier alpha value is -3.79. The standard InChI is InChI=1S/C24H26N4O5S/c1-4-11-28-21(14-33-19-10-9-16(3)12-20(19)32-5-2)26-27-24(28)34-15-22(29)25-18-8-6-7-17(13-18)23(30)31/h4,6-10,12-13H,1,5,11,14-15H2,2-3H3,(H,25,29)(H,30,31). The second-order valence-electron chi connectivity index (χ2n) is 7.19. The van der Waals surface area contributed by atoms with E-state index in [1.807, 2.05) is 36.6 Å². The van der Waals surface area contributed by atoms with E-state index in [0.717, 1.165) is 5.56 Å². The highest BCUT2D eigenvalue weighted by Gasteiger charge is 2.16. The predicted molar refractivity (Wildman–Crippen MR) is 130 cm³/mol. The first-order chi connectivity index (χ1) is 16.4. The molecule has 10 heteroatoms. The lowest BCUT2D eigenvalue weighted by Gasteiger charge is -2.13. The predicted octanol–water partition coefficient (Wildman–Crippen LogP) is 4.18. The first kappa shape index (κ1) is 24.8. The SMILES string of the molecule is C=CCn1c(COc2ccc(C)cc2OCC)nnc1SCC(=O)Nc1cccc(C(=O)O)c1. The molecule has 0 spiro atoms. The molecule has 3 rings (SSSR count). The van der Waals surface area contributed by atoms with Gasteiger partial charge in [-0.15, -0.1) is 16.8 Å². The maximum absolute atomic E-state index is 12.4. The molecule has 0 saturated carbocycles. The molecule has 0 aliphatic heterocycles. The quantitative estimate of drug-likeness (QED) is 0.292. The lowest BCUT2D eigenvalue weighted by Crippen LogP contribution is -2.15. The Balaban J connectivity index is 1.65. The number of aryl methyl sites for hydroxylation is 1. The summed E-state index contributed by atoms with van der Waals surface area (Å²) in [6.45, 7) is 8.81. The van der Waals surface area contributed by atoms with Gasteiger partial charge in [0.25, 0.3) is 0 Å². The zero-order valence-corrected chi connectivity index (χ0v) is 19.8. The van der Waals surface area contributed by atoms with Crippen molar-refractivity contribution in [2.75, 3.05) is 17.7 Å². The van der Waals surface area contributed by atoms with Gasteiger partial charge in [0.2, 0.25) is 5.91 Å². The van der Waals surface area contributed by atoms with Gasteiger partial charge in [-0.1, -0.05) is 30.0 Å². The van der Waals surface area contributed by atoms with Crippen LogP contribution >= 0.6 is 11.8 Å².